The molecule has 0 unspecified atom stereocenters. The first-order chi connectivity index (χ1) is 9.61. The van der Waals surface area contributed by atoms with Crippen molar-refractivity contribution in [2.45, 2.75) is 45.6 Å². The highest BCUT2D eigenvalue weighted by atomic mass is 16.5. The number of hydrogen-bond acceptors (Lipinski definition) is 4. The van der Waals surface area contributed by atoms with Gasteiger partial charge in [0.05, 0.1) is 24.3 Å². The predicted octanol–water partition coefficient (Wildman–Crippen LogP) is 2.69. The summed E-state index contributed by atoms with van der Waals surface area (Å²) in [5.41, 5.74) is 0.681. The highest BCUT2D eigenvalue weighted by molar-refractivity contribution is 5.88. The number of aromatic carboxylic acids is 1. The van der Waals surface area contributed by atoms with Crippen molar-refractivity contribution in [3.63, 3.8) is 0 Å². The van der Waals surface area contributed by atoms with Crippen LogP contribution in [0.25, 0.3) is 0 Å². The molecule has 0 saturated carbocycles. The van der Waals surface area contributed by atoms with Crippen LogP contribution in [0.4, 0.5) is 5.82 Å². The first-order valence-electron chi connectivity index (χ1n) is 7.22. The average molecular weight is 292 g/mol. The highest BCUT2D eigenvalue weighted by Gasteiger charge is 2.32. The van der Waals surface area contributed by atoms with Crippen LogP contribution in [0.1, 0.15) is 50.7 Å². The standard InChI is InChI=1S/C16H24N2O3/c1-15(2,3)12-8-11(14(19)20)9-13(17-12)18-6-7-21-10-16(18,4)5/h8-9H,6-7,10H2,1-5H3,(H,19,20). The molecule has 21 heavy (non-hydrogen) atoms. The van der Waals surface area contributed by atoms with Crippen molar-refractivity contribution in [1.29, 1.82) is 0 Å². The maximum atomic E-state index is 11.4. The van der Waals surface area contributed by atoms with E-state index in [1.165, 1.54) is 0 Å². The van der Waals surface area contributed by atoms with Gasteiger partial charge in [-0.1, -0.05) is 20.8 Å². The van der Waals surface area contributed by atoms with E-state index in [0.29, 0.717) is 25.6 Å². The largest absolute Gasteiger partial charge is 0.478 e. The quantitative estimate of drug-likeness (QED) is 0.908. The Bertz CT molecular complexity index is 547. The third kappa shape index (κ3) is 3.35. The second kappa shape index (κ2) is 5.30. The maximum absolute atomic E-state index is 11.4. The smallest absolute Gasteiger partial charge is 0.335 e. The summed E-state index contributed by atoms with van der Waals surface area (Å²) in [6, 6.07) is 3.32. The van der Waals surface area contributed by atoms with Gasteiger partial charge in [-0.2, -0.15) is 0 Å². The van der Waals surface area contributed by atoms with Crippen molar-refractivity contribution in [3.8, 4) is 0 Å². The lowest BCUT2D eigenvalue weighted by molar-refractivity contribution is 0.0637. The number of aromatic nitrogens is 1. The molecular weight excluding hydrogens is 268 g/mol. The third-order valence-corrected chi connectivity index (χ3v) is 3.75. The molecule has 0 aromatic carbocycles. The molecule has 2 rings (SSSR count). The monoisotopic (exact) mass is 292 g/mol. The maximum Gasteiger partial charge on any atom is 0.335 e. The summed E-state index contributed by atoms with van der Waals surface area (Å²) in [5.74, 6) is -0.205. The number of morpholine rings is 1. The predicted molar refractivity (Wildman–Crippen MR) is 82.1 cm³/mol. The number of rotatable bonds is 2. The van der Waals surface area contributed by atoms with Crippen LogP contribution in [0.15, 0.2) is 12.1 Å². The van der Waals surface area contributed by atoms with Gasteiger partial charge in [0.1, 0.15) is 5.82 Å². The van der Waals surface area contributed by atoms with Crippen molar-refractivity contribution in [1.82, 2.24) is 4.98 Å². The number of carboxylic acids is 1. The van der Waals surface area contributed by atoms with Gasteiger partial charge in [-0.15, -0.1) is 0 Å². The first-order valence-corrected chi connectivity index (χ1v) is 7.22. The molecule has 1 saturated heterocycles. The SMILES string of the molecule is CC(C)(C)c1cc(C(=O)O)cc(N2CCOCC2(C)C)n1. The van der Waals surface area contributed by atoms with Crippen LogP contribution in [0.2, 0.25) is 0 Å². The van der Waals surface area contributed by atoms with E-state index in [2.05, 4.69) is 18.7 Å². The Labute approximate surface area is 125 Å². The summed E-state index contributed by atoms with van der Waals surface area (Å²) in [4.78, 5) is 18.3. The first kappa shape index (κ1) is 15.8. The van der Waals surface area contributed by atoms with Gasteiger partial charge in [0.25, 0.3) is 0 Å². The van der Waals surface area contributed by atoms with Crippen LogP contribution in [-0.2, 0) is 10.2 Å². The molecule has 1 N–H and O–H groups in total. The van der Waals surface area contributed by atoms with Crippen LogP contribution in [-0.4, -0.2) is 41.4 Å². The Hall–Kier alpha value is -1.62. The fourth-order valence-electron chi connectivity index (χ4n) is 2.44. The van der Waals surface area contributed by atoms with Crippen molar-refractivity contribution in [3.05, 3.63) is 23.4 Å². The Morgan fingerprint density at radius 3 is 2.57 bits per heavy atom. The molecule has 0 spiro atoms. The molecule has 0 radical (unpaired) electrons. The molecule has 0 bridgehead atoms. The van der Waals surface area contributed by atoms with Gasteiger partial charge in [0.2, 0.25) is 0 Å². The van der Waals surface area contributed by atoms with E-state index in [-0.39, 0.29) is 16.5 Å². The molecule has 2 heterocycles. The van der Waals surface area contributed by atoms with Crippen LogP contribution < -0.4 is 4.90 Å². The molecule has 116 valence electrons. The van der Waals surface area contributed by atoms with Gasteiger partial charge in [-0.05, 0) is 26.0 Å². The van der Waals surface area contributed by atoms with E-state index >= 15 is 0 Å². The second-order valence-electron chi connectivity index (χ2n) is 7.17. The summed E-state index contributed by atoms with van der Waals surface area (Å²) >= 11 is 0. The number of anilines is 1. The molecule has 1 aliphatic heterocycles. The Balaban J connectivity index is 2.52. The minimum atomic E-state index is -0.921. The molecule has 0 aliphatic carbocycles. The van der Waals surface area contributed by atoms with E-state index in [4.69, 9.17) is 9.72 Å². The zero-order valence-electron chi connectivity index (χ0n) is 13.4. The fraction of sp³-hybridized carbons (Fsp3) is 0.625. The molecule has 1 aromatic heterocycles. The van der Waals surface area contributed by atoms with Gasteiger partial charge < -0.3 is 14.7 Å². The van der Waals surface area contributed by atoms with E-state index in [1.54, 1.807) is 12.1 Å². The molecular formula is C16H24N2O3. The van der Waals surface area contributed by atoms with Gasteiger partial charge in [-0.3, -0.25) is 0 Å². The van der Waals surface area contributed by atoms with Gasteiger partial charge in [0.15, 0.2) is 0 Å². The third-order valence-electron chi connectivity index (χ3n) is 3.75. The molecule has 5 nitrogen and oxygen atoms in total. The lowest BCUT2D eigenvalue weighted by atomic mass is 9.90. The van der Waals surface area contributed by atoms with Gasteiger partial charge in [-0.25, -0.2) is 9.78 Å². The number of carboxylic acid groups (broad SMARTS) is 1. The van der Waals surface area contributed by atoms with Crippen molar-refractivity contribution >= 4 is 11.8 Å². The lowest BCUT2D eigenvalue weighted by Gasteiger charge is -2.43. The Kier molecular flexibility index (Phi) is 3.97. The molecule has 1 aliphatic rings. The van der Waals surface area contributed by atoms with Crippen LogP contribution in [0.3, 0.4) is 0 Å². The van der Waals surface area contributed by atoms with Crippen molar-refractivity contribution < 1.29 is 14.6 Å². The highest BCUT2D eigenvalue weighted by Crippen LogP contribution is 2.29. The Morgan fingerprint density at radius 1 is 1.38 bits per heavy atom. The second-order valence-corrected chi connectivity index (χ2v) is 7.17. The number of hydrogen-bond donors (Lipinski definition) is 1. The van der Waals surface area contributed by atoms with Gasteiger partial charge in [0, 0.05) is 17.7 Å². The lowest BCUT2D eigenvalue weighted by Crippen LogP contribution is -2.53. The molecule has 5 heteroatoms. The number of carbonyl (C=O) groups is 1. The van der Waals surface area contributed by atoms with Crippen molar-refractivity contribution in [2.24, 2.45) is 0 Å². The summed E-state index contributed by atoms with van der Waals surface area (Å²) in [7, 11) is 0. The van der Waals surface area contributed by atoms with Crippen LogP contribution in [0.5, 0.6) is 0 Å². The molecule has 0 amide bonds. The van der Waals surface area contributed by atoms with Crippen molar-refractivity contribution in [2.75, 3.05) is 24.7 Å². The minimum Gasteiger partial charge on any atom is -0.478 e. The van der Waals surface area contributed by atoms with Crippen LogP contribution in [0, 0.1) is 0 Å². The summed E-state index contributed by atoms with van der Waals surface area (Å²) in [6.45, 7) is 12.2. The van der Waals surface area contributed by atoms with E-state index < -0.39 is 5.97 Å². The zero-order valence-corrected chi connectivity index (χ0v) is 13.4. The van der Waals surface area contributed by atoms with E-state index in [1.807, 2.05) is 20.8 Å². The minimum absolute atomic E-state index is 0.197. The molecule has 1 fully saturated rings. The Morgan fingerprint density at radius 2 is 2.05 bits per heavy atom. The average Bonchev–Trinajstić information content (AvgIpc) is 2.36. The van der Waals surface area contributed by atoms with E-state index in [0.717, 1.165) is 5.69 Å². The normalized spacial score (nSPS) is 18.6. The topological polar surface area (TPSA) is 62.7 Å². The zero-order chi connectivity index (χ0) is 15.8. The van der Waals surface area contributed by atoms with E-state index in [9.17, 15) is 9.90 Å². The summed E-state index contributed by atoms with van der Waals surface area (Å²) < 4.78 is 5.53. The van der Waals surface area contributed by atoms with Crippen LogP contribution >= 0.6 is 0 Å². The number of pyridine rings is 1. The number of ether oxygens (including phenoxy) is 1. The van der Waals surface area contributed by atoms with Gasteiger partial charge >= 0.3 is 5.97 Å². The summed E-state index contributed by atoms with van der Waals surface area (Å²) in [6.07, 6.45) is 0. The molecule has 0 atom stereocenters. The summed E-state index contributed by atoms with van der Waals surface area (Å²) in [5, 5.41) is 9.36. The number of nitrogens with zero attached hydrogens (tertiary/aromatic N) is 2. The fourth-order valence-corrected chi connectivity index (χ4v) is 2.44. The molecule has 1 aromatic rings.